The van der Waals surface area contributed by atoms with Gasteiger partial charge in [-0.05, 0) is 180 Å². The summed E-state index contributed by atoms with van der Waals surface area (Å²) in [6.07, 6.45) is 23.9. The van der Waals surface area contributed by atoms with Crippen LogP contribution < -0.4 is 28.7 Å². The van der Waals surface area contributed by atoms with Gasteiger partial charge in [-0.15, -0.1) is 65.9 Å². The molecule has 126 heavy (non-hydrogen) atoms. The third-order valence-electron chi connectivity index (χ3n) is 23.0. The monoisotopic (exact) mass is 1850 g/mol. The third-order valence-corrected chi connectivity index (χ3v) is 30.3. The van der Waals surface area contributed by atoms with E-state index in [-0.39, 0.29) is 16.9 Å². The topological polar surface area (TPSA) is 532 Å². The van der Waals surface area contributed by atoms with Crippen molar-refractivity contribution in [3.8, 4) is 0 Å². The molecule has 10 aromatic heterocycles. The van der Waals surface area contributed by atoms with Crippen LogP contribution in [-0.2, 0) is 42.9 Å². The summed E-state index contributed by atoms with van der Waals surface area (Å²) < 4.78 is 52.5. The molecule has 0 radical (unpaired) electrons. The number of fused-ring (bicyclic) bond motifs is 5. The summed E-state index contributed by atoms with van der Waals surface area (Å²) in [5.41, 5.74) is 37.3. The third kappa shape index (κ3) is 22.9. The lowest BCUT2D eigenvalue weighted by Crippen LogP contribution is -2.32. The number of aliphatic hydroxyl groups is 10. The number of rotatable bonds is 26. The standard InChI is InChI=1S/C19H31N4O3P.C18H29N4O3P.C17H27N4O3P.C16H25N4O3P.C15H22FN4O3P/c1-5-6-7-14-22-15-12(20)8-10-21-18(15)23(14)19-17(25)16(24)13(26-19)9-11-27(2,3)4;1-5-6-13-21-14-11(19)7-9-20-17(14)22(13)18-16(24)15(23)12(25-18)8-10-26(2,3)4;1-5-12-20-13-10(18)6-8-19-16(13)21(12)17-15(23)14(22)11(24-17)7-9-25(2,3)4;1-9-19-12-10(17)5-7-18-15(12)20(9)16-14(22)13(21)11(23-16)6-8-24(2,3)4;1-24(2,3)7-5-9-11(21)12(22)14(23-9)20-13-10(19-15(20)16)8(17)4-6-18-13/h8,10,13,16-17,19,24-25H,2,5-7,9,11H2,1,3-4H3,(H2,20,21);7,9,12,15-16,18,23-24H,2,5-6,8,10H2,1,3-4H3,(H2,19,20);6,8,11,14-15,17,22-23H,2,5,7,9H2,1,3-4H3,(H2,18,19);5,7,11,13-14,16,21-22H,2,6,8H2,1,3-4H3,(H2,17,18);4,6,9,11-12,14,21-22H,1,5,7H2,2-3H3,(H2,17,18)/t13-,16-,17-,19-;12-,15-,16-,18-;11-,14-,15-,17-;11-,13-,14-,16-;9-,11-,12-,14-/m11111/s1. The summed E-state index contributed by atoms with van der Waals surface area (Å²) in [6, 6.07) is 8.32. The van der Waals surface area contributed by atoms with Gasteiger partial charge in [0.05, 0.1) is 59.0 Å². The fourth-order valence-electron chi connectivity index (χ4n) is 16.0. The first kappa shape index (κ1) is 99.5. The van der Waals surface area contributed by atoms with Crippen molar-refractivity contribution in [3.63, 3.8) is 0 Å². The molecule has 41 heteroatoms. The summed E-state index contributed by atoms with van der Waals surface area (Å²) in [7, 11) is 0. The molecule has 5 fully saturated rings. The first-order valence-electron chi connectivity index (χ1n) is 42.7. The highest BCUT2D eigenvalue weighted by atomic mass is 31.2. The van der Waals surface area contributed by atoms with Crippen LogP contribution in [0.4, 0.5) is 32.8 Å². The summed E-state index contributed by atoms with van der Waals surface area (Å²) in [4.78, 5) is 43.6. The van der Waals surface area contributed by atoms with Gasteiger partial charge in [0.2, 0.25) is 0 Å². The second-order valence-corrected chi connectivity index (χ2v) is 58.6. The molecule has 35 nitrogen and oxygen atoms in total. The second-order valence-electron chi connectivity index (χ2n) is 37.0. The number of aliphatic hydroxyl groups excluding tert-OH is 10. The van der Waals surface area contributed by atoms with Gasteiger partial charge < -0.3 is 103 Å². The zero-order valence-corrected chi connectivity index (χ0v) is 79.4. The summed E-state index contributed by atoms with van der Waals surface area (Å²) >= 11 is 0. The molecule has 5 saturated heterocycles. The van der Waals surface area contributed by atoms with Gasteiger partial charge in [-0.2, -0.15) is 9.37 Å². The minimum absolute atomic E-state index is 0.175. The van der Waals surface area contributed by atoms with E-state index in [1.807, 2.05) is 18.4 Å². The van der Waals surface area contributed by atoms with E-state index in [0.29, 0.717) is 118 Å². The maximum Gasteiger partial charge on any atom is 0.293 e. The smallest absolute Gasteiger partial charge is 0.293 e. The lowest BCUT2D eigenvalue weighted by molar-refractivity contribution is -0.0413. The summed E-state index contributed by atoms with van der Waals surface area (Å²) in [5, 5.41) is 105. The average Bonchev–Trinajstić information content (AvgIpc) is 1.61. The van der Waals surface area contributed by atoms with Gasteiger partial charge in [-0.1, -0.05) is 27.2 Å². The Balaban J connectivity index is 0.000000153. The van der Waals surface area contributed by atoms with Crippen molar-refractivity contribution >= 4 is 150 Å². The first-order valence-corrected chi connectivity index (χ1v) is 58.0. The van der Waals surface area contributed by atoms with Crippen molar-refractivity contribution in [2.45, 2.75) is 221 Å². The molecule has 20 N–H and O–H groups in total. The SMILES string of the molecule is C=P(C)(C)CC[C@H]1O[C@@H](n2c(C)nc3c(N)ccnc32)[C@H](O)[C@@H]1O.C=P(C)(C)CC[C@H]1O[C@@H](n2c(CC)nc3c(N)ccnc32)[C@H](O)[C@@H]1O.C=P(C)(C)CC[C@H]1O[C@@H](n2c(CCC)nc3c(N)ccnc32)[C@H](O)[C@@H]1O.C=P(C)(C)CC[C@H]1O[C@@H](n2c(CCCC)nc3c(N)ccnc32)[C@H](O)[C@@H]1O.C=P(C)(C)CC[C@H]1O[C@@H](n2c(F)nc3c(N)ccnc32)[C@H](O)[C@@H]1O. The van der Waals surface area contributed by atoms with Crippen molar-refractivity contribution in [3.05, 3.63) is 90.7 Å². The van der Waals surface area contributed by atoms with E-state index in [1.165, 1.54) is 12.3 Å². The number of aryl methyl sites for hydroxylation is 4. The highest BCUT2D eigenvalue weighted by Gasteiger charge is 2.50. The van der Waals surface area contributed by atoms with Crippen molar-refractivity contribution < 1.29 is 79.1 Å². The summed E-state index contributed by atoms with van der Waals surface area (Å²) in [6.45, 7) is 23.1. The van der Waals surface area contributed by atoms with E-state index in [0.717, 1.165) is 78.5 Å². The number of halogens is 1. The van der Waals surface area contributed by atoms with Crippen molar-refractivity contribution in [1.29, 1.82) is 0 Å². The maximum atomic E-state index is 14.3. The van der Waals surface area contributed by atoms with E-state index in [9.17, 15) is 55.5 Å². The van der Waals surface area contributed by atoms with Crippen molar-refractivity contribution in [1.82, 2.24) is 72.7 Å². The molecule has 0 bridgehead atoms. The molecule has 20 atom stereocenters. The van der Waals surface area contributed by atoms with Crippen LogP contribution in [0, 0.1) is 13.0 Å². The van der Waals surface area contributed by atoms with Gasteiger partial charge in [-0.25, -0.2) is 44.9 Å². The quantitative estimate of drug-likeness (QED) is 0.0243. The predicted molar refractivity (Wildman–Crippen MR) is 513 cm³/mol. The lowest BCUT2D eigenvalue weighted by Gasteiger charge is -2.20. The van der Waals surface area contributed by atoms with E-state index in [1.54, 1.807) is 62.8 Å². The molecule has 0 saturated carbocycles. The van der Waals surface area contributed by atoms with E-state index in [2.05, 4.69) is 162 Å². The number of pyridine rings is 5. The lowest BCUT2D eigenvalue weighted by atomic mass is 10.1. The number of nitrogen functional groups attached to an aromatic ring is 5. The molecular weight excluding hydrogens is 1710 g/mol. The van der Waals surface area contributed by atoms with Gasteiger partial charge in [0, 0.05) is 50.2 Å². The molecule has 15 rings (SSSR count). The molecule has 15 heterocycles. The van der Waals surface area contributed by atoms with Gasteiger partial charge >= 0.3 is 0 Å². The van der Waals surface area contributed by atoms with Gasteiger partial charge in [0.15, 0.2) is 59.4 Å². The first-order chi connectivity index (χ1) is 59.1. The highest BCUT2D eigenvalue weighted by Crippen LogP contribution is 2.47. The van der Waals surface area contributed by atoms with Crippen LogP contribution in [0.25, 0.3) is 55.8 Å². The van der Waals surface area contributed by atoms with Crippen LogP contribution in [-0.4, -0.2) is 344 Å². The number of ether oxygens (including phenoxy) is 5. The Morgan fingerprint density at radius 1 is 0.333 bits per heavy atom. The van der Waals surface area contributed by atoms with Crippen LogP contribution in [0.2, 0.25) is 0 Å². The highest BCUT2D eigenvalue weighted by molar-refractivity contribution is 7.73. The molecule has 0 aromatic carbocycles. The predicted octanol–water partition coefficient (Wildman–Crippen LogP) is 6.97. The van der Waals surface area contributed by atoms with E-state index >= 15 is 0 Å². The molecule has 0 aliphatic carbocycles. The molecule has 696 valence electrons. The minimum Gasteiger partial charge on any atom is -0.397 e. The Morgan fingerprint density at radius 2 is 0.571 bits per heavy atom. The van der Waals surface area contributed by atoms with Crippen LogP contribution in [0.15, 0.2) is 61.3 Å². The fraction of sp³-hybridized carbons (Fsp3) is 0.588. The molecular formula is C85H134FN20O15P5. The van der Waals surface area contributed by atoms with Crippen LogP contribution in [0.5, 0.6) is 0 Å². The van der Waals surface area contributed by atoms with Crippen molar-refractivity contribution in [2.24, 2.45) is 0 Å². The molecule has 0 amide bonds. The maximum absolute atomic E-state index is 14.3. The molecule has 5 aliphatic heterocycles. The van der Waals surface area contributed by atoms with E-state index in [4.69, 9.17) is 52.4 Å². The fourth-order valence-corrected chi connectivity index (χ4v) is 20.8. The zero-order valence-electron chi connectivity index (χ0n) is 74.9. The molecule has 0 unspecified atom stereocenters. The number of hydrogen-bond donors (Lipinski definition) is 15. The Morgan fingerprint density at radius 3 is 0.849 bits per heavy atom. The van der Waals surface area contributed by atoms with Crippen molar-refractivity contribution in [2.75, 3.05) is 126 Å². The normalized spacial score (nSPS) is 27.1. The van der Waals surface area contributed by atoms with Gasteiger partial charge in [0.1, 0.15) is 112 Å². The zero-order chi connectivity index (χ0) is 92.5. The number of anilines is 5. The number of aromatic nitrogens is 15. The Hall–Kier alpha value is -7.07. The van der Waals surface area contributed by atoms with Crippen LogP contribution >= 0.6 is 34.4 Å². The van der Waals surface area contributed by atoms with E-state index < -0.39 is 163 Å². The number of nitrogens with two attached hydrogens (primary N) is 5. The largest absolute Gasteiger partial charge is 0.397 e. The minimum atomic E-state index is -1.29. The van der Waals surface area contributed by atoms with Gasteiger partial charge in [-0.3, -0.25) is 22.8 Å². The molecule has 5 aliphatic rings. The van der Waals surface area contributed by atoms with Gasteiger partial charge in [0.25, 0.3) is 6.08 Å². The number of nitrogens with zero attached hydrogens (tertiary/aromatic N) is 15. The average molecular weight is 1850 g/mol. The Labute approximate surface area is 736 Å². The summed E-state index contributed by atoms with van der Waals surface area (Å²) in [5.74, 6) is 2.90. The molecule has 10 aromatic rings. The van der Waals surface area contributed by atoms with Crippen LogP contribution in [0.1, 0.15) is 127 Å². The number of unbranched alkanes of at least 4 members (excludes halogenated alkanes) is 1. The Kier molecular flexibility index (Phi) is 32.2. The Bertz CT molecular complexity index is 5550. The number of imidazole rings is 5. The molecule has 0 spiro atoms. The van der Waals surface area contributed by atoms with Crippen LogP contribution in [0.3, 0.4) is 0 Å². The number of hydrogen-bond acceptors (Lipinski definition) is 30. The second kappa shape index (κ2) is 40.7.